The molecule has 0 radical (unpaired) electrons. The second-order valence-electron chi connectivity index (χ2n) is 3.75. The van der Waals surface area contributed by atoms with E-state index in [1.807, 2.05) is 0 Å². The van der Waals surface area contributed by atoms with Crippen LogP contribution in [-0.2, 0) is 6.18 Å². The van der Waals surface area contributed by atoms with Gasteiger partial charge in [0.15, 0.2) is 0 Å². The van der Waals surface area contributed by atoms with Gasteiger partial charge in [-0.25, -0.2) is 4.98 Å². The molecule has 0 aliphatic rings. The Hall–Kier alpha value is -2.24. The predicted molar refractivity (Wildman–Crippen MR) is 63.5 cm³/mol. The van der Waals surface area contributed by atoms with Crippen LogP contribution in [0.25, 0.3) is 11.3 Å². The van der Waals surface area contributed by atoms with Crippen molar-refractivity contribution in [3.05, 3.63) is 42.1 Å². The van der Waals surface area contributed by atoms with Gasteiger partial charge >= 0.3 is 6.18 Å². The molecule has 0 bridgehead atoms. The first-order valence-electron chi connectivity index (χ1n) is 5.07. The zero-order chi connectivity index (χ0) is 13.3. The summed E-state index contributed by atoms with van der Waals surface area (Å²) in [4.78, 5) is 3.56. The summed E-state index contributed by atoms with van der Waals surface area (Å²) in [5, 5.41) is 0. The molecule has 0 aliphatic heterocycles. The maximum atomic E-state index is 12.5. The molecule has 1 aromatic heterocycles. The number of halogens is 3. The Bertz CT molecular complexity index is 579. The van der Waals surface area contributed by atoms with Crippen molar-refractivity contribution in [3.8, 4) is 11.3 Å². The lowest BCUT2D eigenvalue weighted by Crippen LogP contribution is -2.08. The van der Waals surface area contributed by atoms with Gasteiger partial charge in [0.05, 0.1) is 5.69 Å². The molecule has 0 spiro atoms. The Morgan fingerprint density at radius 3 is 2.39 bits per heavy atom. The lowest BCUT2D eigenvalue weighted by Gasteiger charge is -2.09. The highest BCUT2D eigenvalue weighted by atomic mass is 19.4. The van der Waals surface area contributed by atoms with E-state index >= 15 is 0 Å². The molecule has 1 heterocycles. The number of aromatic nitrogens is 1. The molecule has 4 N–H and O–H groups in total. The molecule has 94 valence electrons. The third-order valence-electron chi connectivity index (χ3n) is 2.39. The lowest BCUT2D eigenvalue weighted by molar-refractivity contribution is -0.141. The SMILES string of the molecule is Nc1ccc(N)c(-c2cccc(C(F)(F)F)n2)c1. The van der Waals surface area contributed by atoms with Crippen molar-refractivity contribution >= 4 is 11.4 Å². The molecule has 0 atom stereocenters. The van der Waals surface area contributed by atoms with Gasteiger partial charge in [-0.1, -0.05) is 6.07 Å². The molecule has 0 unspecified atom stereocenters. The number of alkyl halides is 3. The Morgan fingerprint density at radius 1 is 1.00 bits per heavy atom. The van der Waals surface area contributed by atoms with Crippen LogP contribution >= 0.6 is 0 Å². The highest BCUT2D eigenvalue weighted by Gasteiger charge is 2.32. The van der Waals surface area contributed by atoms with E-state index in [2.05, 4.69) is 4.98 Å². The topological polar surface area (TPSA) is 64.9 Å². The minimum atomic E-state index is -4.48. The molecule has 18 heavy (non-hydrogen) atoms. The maximum absolute atomic E-state index is 12.5. The highest BCUT2D eigenvalue weighted by Crippen LogP contribution is 2.31. The van der Waals surface area contributed by atoms with Crippen molar-refractivity contribution in [1.29, 1.82) is 0 Å². The van der Waals surface area contributed by atoms with Crippen molar-refractivity contribution in [2.45, 2.75) is 6.18 Å². The van der Waals surface area contributed by atoms with Crippen LogP contribution in [0.15, 0.2) is 36.4 Å². The summed E-state index contributed by atoms with van der Waals surface area (Å²) in [5.74, 6) is 0. The summed E-state index contributed by atoms with van der Waals surface area (Å²) in [7, 11) is 0. The quantitative estimate of drug-likeness (QED) is 0.768. The van der Waals surface area contributed by atoms with Crippen LogP contribution in [-0.4, -0.2) is 4.98 Å². The van der Waals surface area contributed by atoms with Crippen molar-refractivity contribution in [2.24, 2.45) is 0 Å². The molecular formula is C12H10F3N3. The van der Waals surface area contributed by atoms with E-state index in [1.165, 1.54) is 24.3 Å². The minimum Gasteiger partial charge on any atom is -0.399 e. The number of pyridine rings is 1. The van der Waals surface area contributed by atoms with E-state index < -0.39 is 11.9 Å². The molecule has 0 fully saturated rings. The van der Waals surface area contributed by atoms with E-state index in [-0.39, 0.29) is 5.69 Å². The molecule has 0 saturated heterocycles. The van der Waals surface area contributed by atoms with Gasteiger partial charge < -0.3 is 11.5 Å². The van der Waals surface area contributed by atoms with Gasteiger partial charge in [0, 0.05) is 16.9 Å². The summed E-state index contributed by atoms with van der Waals surface area (Å²) < 4.78 is 37.6. The summed E-state index contributed by atoms with van der Waals surface area (Å²) >= 11 is 0. The lowest BCUT2D eigenvalue weighted by atomic mass is 10.1. The third-order valence-corrected chi connectivity index (χ3v) is 2.39. The van der Waals surface area contributed by atoms with E-state index in [1.54, 1.807) is 6.07 Å². The molecule has 2 rings (SSSR count). The molecule has 0 aliphatic carbocycles. The van der Waals surface area contributed by atoms with Crippen molar-refractivity contribution in [3.63, 3.8) is 0 Å². The average molecular weight is 253 g/mol. The van der Waals surface area contributed by atoms with E-state index in [4.69, 9.17) is 11.5 Å². The van der Waals surface area contributed by atoms with Crippen LogP contribution in [0.4, 0.5) is 24.5 Å². The average Bonchev–Trinajstić information content (AvgIpc) is 2.31. The van der Waals surface area contributed by atoms with Crippen LogP contribution in [0, 0.1) is 0 Å². The fraction of sp³-hybridized carbons (Fsp3) is 0.0833. The number of nitrogens with two attached hydrogens (primary N) is 2. The number of nitrogen functional groups attached to an aromatic ring is 2. The van der Waals surface area contributed by atoms with Gasteiger partial charge in [-0.2, -0.15) is 13.2 Å². The molecule has 1 aromatic carbocycles. The predicted octanol–water partition coefficient (Wildman–Crippen LogP) is 2.93. The highest BCUT2D eigenvalue weighted by molar-refractivity contribution is 5.77. The fourth-order valence-corrected chi connectivity index (χ4v) is 1.54. The van der Waals surface area contributed by atoms with Gasteiger partial charge in [0.1, 0.15) is 5.69 Å². The first-order chi connectivity index (χ1) is 8.38. The fourth-order valence-electron chi connectivity index (χ4n) is 1.54. The van der Waals surface area contributed by atoms with Crippen LogP contribution in [0.2, 0.25) is 0 Å². The summed E-state index contributed by atoms with van der Waals surface area (Å²) in [6, 6.07) is 8.26. The Kier molecular flexibility index (Phi) is 2.86. The molecule has 3 nitrogen and oxygen atoms in total. The van der Waals surface area contributed by atoms with Gasteiger partial charge in [0.2, 0.25) is 0 Å². The Morgan fingerprint density at radius 2 is 1.72 bits per heavy atom. The van der Waals surface area contributed by atoms with Gasteiger partial charge in [-0.05, 0) is 30.3 Å². The molecule has 0 saturated carbocycles. The third kappa shape index (κ3) is 2.37. The van der Waals surface area contributed by atoms with Crippen LogP contribution in [0.1, 0.15) is 5.69 Å². The van der Waals surface area contributed by atoms with Gasteiger partial charge in [0.25, 0.3) is 0 Å². The van der Waals surface area contributed by atoms with Crippen LogP contribution in [0.5, 0.6) is 0 Å². The molecular weight excluding hydrogens is 243 g/mol. The van der Waals surface area contributed by atoms with E-state index in [9.17, 15) is 13.2 Å². The number of anilines is 2. The molecule has 2 aromatic rings. The number of benzene rings is 1. The smallest absolute Gasteiger partial charge is 0.399 e. The Labute approximate surface area is 101 Å². The first kappa shape index (κ1) is 12.2. The maximum Gasteiger partial charge on any atom is 0.433 e. The largest absolute Gasteiger partial charge is 0.433 e. The van der Waals surface area contributed by atoms with Gasteiger partial charge in [-0.3, -0.25) is 0 Å². The number of hydrogen-bond donors (Lipinski definition) is 2. The van der Waals surface area contributed by atoms with Crippen molar-refractivity contribution < 1.29 is 13.2 Å². The first-order valence-corrected chi connectivity index (χ1v) is 5.07. The van der Waals surface area contributed by atoms with E-state index in [0.717, 1.165) is 6.07 Å². The second kappa shape index (κ2) is 4.21. The zero-order valence-corrected chi connectivity index (χ0v) is 9.20. The van der Waals surface area contributed by atoms with Crippen molar-refractivity contribution in [2.75, 3.05) is 11.5 Å². The summed E-state index contributed by atoms with van der Waals surface area (Å²) in [5.41, 5.74) is 11.6. The normalized spacial score (nSPS) is 11.5. The van der Waals surface area contributed by atoms with Crippen LogP contribution < -0.4 is 11.5 Å². The second-order valence-corrected chi connectivity index (χ2v) is 3.75. The standard InChI is InChI=1S/C12H10F3N3/c13-12(14,15)11-3-1-2-10(18-11)8-6-7(16)4-5-9(8)17/h1-6H,16-17H2. The monoisotopic (exact) mass is 253 g/mol. The summed E-state index contributed by atoms with van der Waals surface area (Å²) in [6.45, 7) is 0. The van der Waals surface area contributed by atoms with E-state index in [0.29, 0.717) is 16.9 Å². The Balaban J connectivity index is 2.55. The molecule has 0 amide bonds. The summed E-state index contributed by atoms with van der Waals surface area (Å²) in [6.07, 6.45) is -4.48. The minimum absolute atomic E-state index is 0.148. The van der Waals surface area contributed by atoms with Gasteiger partial charge in [-0.15, -0.1) is 0 Å². The molecule has 6 heteroatoms. The number of nitrogens with zero attached hydrogens (tertiary/aromatic N) is 1. The van der Waals surface area contributed by atoms with Crippen molar-refractivity contribution in [1.82, 2.24) is 4.98 Å². The number of hydrogen-bond acceptors (Lipinski definition) is 3. The number of rotatable bonds is 1. The zero-order valence-electron chi connectivity index (χ0n) is 9.20. The van der Waals surface area contributed by atoms with Crippen LogP contribution in [0.3, 0.4) is 0 Å².